The predicted octanol–water partition coefficient (Wildman–Crippen LogP) is 4.63. The Morgan fingerprint density at radius 3 is 1.62 bits per heavy atom. The third kappa shape index (κ3) is 24.4. The summed E-state index contributed by atoms with van der Waals surface area (Å²) in [5, 5.41) is 4.25. The molecule has 2 atom stereocenters. The highest BCUT2D eigenvalue weighted by molar-refractivity contribution is 7.85. The van der Waals surface area contributed by atoms with Crippen molar-refractivity contribution in [2.45, 2.75) is 56.6 Å². The van der Waals surface area contributed by atoms with Gasteiger partial charge in [-0.15, -0.1) is 0 Å². The van der Waals surface area contributed by atoms with Crippen molar-refractivity contribution in [1.29, 1.82) is 0 Å². The highest BCUT2D eigenvalue weighted by Crippen LogP contribution is 2.34. The second kappa shape index (κ2) is 39.8. The first-order chi connectivity index (χ1) is 42.5. The summed E-state index contributed by atoms with van der Waals surface area (Å²) in [5.41, 5.74) is 10.2. The smallest absolute Gasteiger partial charge is 0.313 e. The molecule has 2 aliphatic heterocycles. The Morgan fingerprint density at radius 1 is 0.682 bits per heavy atom. The molecule has 490 valence electrons. The number of halogens is 4. The van der Waals surface area contributed by atoms with E-state index in [1.54, 1.807) is 30.2 Å². The number of esters is 1. The van der Waals surface area contributed by atoms with Crippen LogP contribution in [-0.2, 0) is 81.4 Å². The second-order valence-corrected chi connectivity index (χ2v) is 20.6. The van der Waals surface area contributed by atoms with Crippen molar-refractivity contribution in [3.8, 4) is 16.9 Å². The number of hydrogen-bond acceptors (Lipinski definition) is 21. The van der Waals surface area contributed by atoms with E-state index in [2.05, 4.69) is 15.0 Å². The van der Waals surface area contributed by atoms with E-state index < -0.39 is 62.5 Å². The Balaban J connectivity index is 0.786. The summed E-state index contributed by atoms with van der Waals surface area (Å²) in [6.07, 6.45) is 2.19. The van der Waals surface area contributed by atoms with Crippen molar-refractivity contribution < 1.29 is 111 Å². The van der Waals surface area contributed by atoms with Crippen LogP contribution in [0.5, 0.6) is 5.75 Å². The van der Waals surface area contributed by atoms with Gasteiger partial charge >= 0.3 is 16.1 Å². The Morgan fingerprint density at radius 2 is 1.16 bits per heavy atom. The summed E-state index contributed by atoms with van der Waals surface area (Å²) >= 11 is 0. The van der Waals surface area contributed by atoms with Crippen LogP contribution in [0.4, 0.5) is 23.2 Å². The van der Waals surface area contributed by atoms with Gasteiger partial charge in [-0.05, 0) is 48.7 Å². The number of fused-ring (bicyclic) bond motifs is 1. The maximum Gasteiger partial charge on any atom is 0.313 e. The molecule has 2 aliphatic rings. The van der Waals surface area contributed by atoms with Crippen molar-refractivity contribution >= 4 is 51.4 Å². The number of hydroxylamine groups is 2. The molecule has 3 aromatic carbocycles. The van der Waals surface area contributed by atoms with Crippen LogP contribution in [0.1, 0.15) is 55.5 Å². The number of amides is 3. The molecule has 0 aliphatic carbocycles. The molecule has 4 N–H and O–H groups in total. The molecule has 88 heavy (non-hydrogen) atoms. The SMILES string of the molecule is CCCN(OCC)C(=O)C1=Cc2ccc(-c3ccc(C(=O)N4C[C@H](OC)CC4C(=O)NCCOCCOCCOCCOCCOCCOCCOCCOCCOCCOCCC(=O)Oc4c(F)c(F)c(S(=O)(=O)O)c(F)c4F)cc3)cc2N=C(N)C1. The molecule has 0 spiro atoms. The number of aliphatic imine (C=N–C) groups is 1. The Labute approximate surface area is 508 Å². The lowest BCUT2D eigenvalue weighted by Crippen LogP contribution is -2.46. The molecule has 1 saturated heterocycles. The summed E-state index contributed by atoms with van der Waals surface area (Å²) in [7, 11) is -4.10. The largest absolute Gasteiger partial charge is 0.420 e. The molecule has 2 heterocycles. The van der Waals surface area contributed by atoms with Crippen molar-refractivity contribution in [1.82, 2.24) is 15.3 Å². The average molecular weight is 1270 g/mol. The highest BCUT2D eigenvalue weighted by atomic mass is 32.2. The Bertz CT molecular complexity index is 2820. The summed E-state index contributed by atoms with van der Waals surface area (Å²) in [6.45, 7) is 10.7. The lowest BCUT2D eigenvalue weighted by Gasteiger charge is -2.24. The van der Waals surface area contributed by atoms with Gasteiger partial charge in [0.1, 0.15) is 11.9 Å². The van der Waals surface area contributed by atoms with E-state index in [1.165, 1.54) is 5.06 Å². The first kappa shape index (κ1) is 72.6. The van der Waals surface area contributed by atoms with Gasteiger partial charge in [0.05, 0.1) is 157 Å². The van der Waals surface area contributed by atoms with Crippen LogP contribution in [0.15, 0.2) is 57.9 Å². The van der Waals surface area contributed by atoms with Gasteiger partial charge in [0.25, 0.3) is 11.8 Å². The molecular formula is C58H79F4N5O20S. The van der Waals surface area contributed by atoms with Gasteiger partial charge in [-0.3, -0.25) is 28.6 Å². The number of nitrogens with one attached hydrogen (secondary N) is 1. The zero-order chi connectivity index (χ0) is 63.7. The van der Waals surface area contributed by atoms with E-state index in [1.807, 2.05) is 44.2 Å². The van der Waals surface area contributed by atoms with Gasteiger partial charge in [0.2, 0.25) is 23.3 Å². The minimum atomic E-state index is -5.66. The normalized spacial score (nSPS) is 15.0. The fourth-order valence-electron chi connectivity index (χ4n) is 8.54. The molecule has 3 amide bonds. The molecular weight excluding hydrogens is 1190 g/mol. The number of carbonyl (C=O) groups is 4. The first-order valence-electron chi connectivity index (χ1n) is 28.6. The van der Waals surface area contributed by atoms with Crippen LogP contribution in [0.3, 0.4) is 0 Å². The molecule has 1 unspecified atom stereocenters. The summed E-state index contributed by atoms with van der Waals surface area (Å²) in [4.78, 5) is 61.8. The maximum atomic E-state index is 14.0. The van der Waals surface area contributed by atoms with Gasteiger partial charge in [0.15, 0.2) is 16.5 Å². The van der Waals surface area contributed by atoms with Crippen molar-refractivity contribution in [2.75, 3.05) is 165 Å². The monoisotopic (exact) mass is 1270 g/mol. The lowest BCUT2D eigenvalue weighted by atomic mass is 9.99. The van der Waals surface area contributed by atoms with Gasteiger partial charge < -0.3 is 72.8 Å². The number of nitrogens with two attached hydrogens (primary N) is 1. The van der Waals surface area contributed by atoms with Crippen LogP contribution < -0.4 is 15.8 Å². The number of ether oxygens (including phenoxy) is 12. The third-order valence-corrected chi connectivity index (χ3v) is 13.7. The number of amidine groups is 1. The van der Waals surface area contributed by atoms with Gasteiger partial charge in [0, 0.05) is 56.3 Å². The molecule has 0 bridgehead atoms. The van der Waals surface area contributed by atoms with Crippen molar-refractivity contribution in [3.05, 3.63) is 82.4 Å². The predicted molar refractivity (Wildman–Crippen MR) is 307 cm³/mol. The number of hydrogen-bond donors (Lipinski definition) is 3. The van der Waals surface area contributed by atoms with Crippen molar-refractivity contribution in [3.63, 3.8) is 0 Å². The van der Waals surface area contributed by atoms with Crippen LogP contribution in [0, 0.1) is 23.3 Å². The second-order valence-electron chi connectivity index (χ2n) is 19.2. The van der Waals surface area contributed by atoms with Gasteiger partial charge in [-0.1, -0.05) is 31.2 Å². The summed E-state index contributed by atoms with van der Waals surface area (Å²) in [5.74, 6) is -13.2. The van der Waals surface area contributed by atoms with Crippen LogP contribution >= 0.6 is 0 Å². The van der Waals surface area contributed by atoms with E-state index in [0.29, 0.717) is 135 Å². The Hall–Kier alpha value is -6.10. The summed E-state index contributed by atoms with van der Waals surface area (Å²) < 4.78 is 151. The first-order valence-corrected chi connectivity index (χ1v) is 30.1. The van der Waals surface area contributed by atoms with Gasteiger partial charge in [-0.25, -0.2) is 18.8 Å². The standard InChI is InChI=1S/C58H79F4N5O20S/c1-4-14-67(86-5-2)58(71)44-35-43-11-10-42(36-46(43)65-48(63)37-44)40-6-8-41(9-7-40)57(70)66-39-45(75-3)38-47(66)56(69)64-13-16-77-18-20-79-22-24-81-26-28-83-30-32-85-34-33-84-31-29-82-27-25-80-23-21-78-19-17-76-15-12-49(68)87-54-50(59)52(61)55(88(72,73)74)53(62)51(54)60/h6-11,35-36,45,47H,4-5,12-34,37-39H2,1-3H3,(H2,63,65)(H,64,69)(H,72,73,74)/t45-,47?/m1/s1. The third-order valence-electron chi connectivity index (χ3n) is 12.8. The molecule has 0 radical (unpaired) electrons. The highest BCUT2D eigenvalue weighted by Gasteiger charge is 2.40. The lowest BCUT2D eigenvalue weighted by molar-refractivity contribution is -0.180. The molecule has 3 aromatic rings. The number of likely N-dealkylation sites (tertiary alicyclic amines) is 1. The van der Waals surface area contributed by atoms with E-state index >= 15 is 0 Å². The molecule has 25 nitrogen and oxygen atoms in total. The quantitative estimate of drug-likeness (QED) is 0.0132. The van der Waals surface area contributed by atoms with Crippen LogP contribution in [0.25, 0.3) is 17.2 Å². The fourth-order valence-corrected chi connectivity index (χ4v) is 9.17. The average Bonchev–Trinajstić information content (AvgIpc) is 2.18. The number of nitrogens with zero attached hydrogens (tertiary/aromatic N) is 3. The zero-order valence-electron chi connectivity index (χ0n) is 49.6. The number of carbonyl (C=O) groups excluding carboxylic acids is 4. The maximum absolute atomic E-state index is 14.0. The fraction of sp³-hybridized carbons (Fsp3) is 0.569. The molecule has 1 fully saturated rings. The molecule has 0 saturated carbocycles. The summed E-state index contributed by atoms with van der Waals surface area (Å²) in [6, 6.07) is 12.1. The van der Waals surface area contributed by atoms with E-state index in [-0.39, 0.29) is 83.0 Å². The van der Waals surface area contributed by atoms with E-state index in [9.17, 15) is 45.2 Å². The van der Waals surface area contributed by atoms with Crippen molar-refractivity contribution in [2.24, 2.45) is 10.7 Å². The molecule has 5 rings (SSSR count). The minimum Gasteiger partial charge on any atom is -0.420 e. The molecule has 0 aromatic heterocycles. The zero-order valence-corrected chi connectivity index (χ0v) is 50.4. The van der Waals surface area contributed by atoms with E-state index in [4.69, 9.17) is 67.2 Å². The number of rotatable bonds is 44. The number of benzene rings is 3. The topological polar surface area (TPSA) is 300 Å². The molecule has 30 heteroatoms. The minimum absolute atomic E-state index is 0.0119. The van der Waals surface area contributed by atoms with E-state index in [0.717, 1.165) is 23.1 Å². The van der Waals surface area contributed by atoms with Crippen LogP contribution in [0.2, 0.25) is 0 Å². The Kier molecular flexibility index (Phi) is 32.9. The number of methoxy groups -OCH3 is 1. The van der Waals surface area contributed by atoms with Gasteiger partial charge in [-0.2, -0.15) is 17.2 Å². The van der Waals surface area contributed by atoms with Crippen LogP contribution in [-0.4, -0.2) is 230 Å².